The Morgan fingerprint density at radius 3 is 3.06 bits per heavy atom. The van der Waals surface area contributed by atoms with E-state index in [0.29, 0.717) is 18.5 Å². The molecule has 1 unspecified atom stereocenters. The number of pyridine rings is 1. The van der Waals surface area contributed by atoms with Crippen LogP contribution < -0.4 is 0 Å². The third-order valence-corrected chi connectivity index (χ3v) is 6.01. The van der Waals surface area contributed by atoms with E-state index in [2.05, 4.69) is 38.3 Å². The van der Waals surface area contributed by atoms with Gasteiger partial charge in [-0.2, -0.15) is 10.2 Å². The fourth-order valence-corrected chi connectivity index (χ4v) is 4.40. The van der Waals surface area contributed by atoms with E-state index in [1.54, 1.807) is 35.4 Å². The maximum Gasteiger partial charge on any atom is 0.312 e. The number of aromatic nitrogens is 8. The van der Waals surface area contributed by atoms with Crippen LogP contribution in [0, 0.1) is 0 Å². The number of imidazole rings is 1. The molecule has 0 saturated heterocycles. The van der Waals surface area contributed by atoms with E-state index in [1.165, 1.54) is 5.56 Å². The lowest BCUT2D eigenvalue weighted by atomic mass is 9.99. The summed E-state index contributed by atoms with van der Waals surface area (Å²) in [6.07, 6.45) is 8.47. The van der Waals surface area contributed by atoms with Gasteiger partial charge in [0.15, 0.2) is 0 Å². The van der Waals surface area contributed by atoms with Gasteiger partial charge in [-0.05, 0) is 24.1 Å². The van der Waals surface area contributed by atoms with E-state index >= 15 is 0 Å². The van der Waals surface area contributed by atoms with E-state index < -0.39 is 6.04 Å². The lowest BCUT2D eigenvalue weighted by molar-refractivity contribution is 0.0646. The zero-order valence-corrected chi connectivity index (χ0v) is 18.1. The summed E-state index contributed by atoms with van der Waals surface area (Å²) in [6.45, 7) is 2.58. The highest BCUT2D eigenvalue weighted by Crippen LogP contribution is 2.34. The van der Waals surface area contributed by atoms with E-state index in [0.717, 1.165) is 29.0 Å². The van der Waals surface area contributed by atoms with Crippen LogP contribution in [0.5, 0.6) is 0 Å². The molecule has 166 valence electrons. The second-order valence-electron chi connectivity index (χ2n) is 8.02. The number of aromatic amines is 1. The highest BCUT2D eigenvalue weighted by Gasteiger charge is 2.38. The molecule has 0 spiro atoms. The molecule has 5 aromatic rings. The number of carbonyl (C=O) groups is 1. The number of nitrogens with zero attached hydrogens (tertiary/aromatic N) is 8. The highest BCUT2D eigenvalue weighted by molar-refractivity contribution is 5.90. The van der Waals surface area contributed by atoms with Gasteiger partial charge >= 0.3 is 11.8 Å². The van der Waals surface area contributed by atoms with Gasteiger partial charge in [0.05, 0.1) is 35.0 Å². The average Bonchev–Trinajstić information content (AvgIpc) is 3.62. The monoisotopic (exact) mass is 443 g/mol. The molecule has 6 rings (SSSR count). The minimum absolute atomic E-state index is 0.0733. The van der Waals surface area contributed by atoms with Gasteiger partial charge in [0.1, 0.15) is 6.04 Å². The smallest absolute Gasteiger partial charge is 0.312 e. The first-order valence-electron chi connectivity index (χ1n) is 10.7. The minimum Gasteiger partial charge on any atom is -0.412 e. The first-order chi connectivity index (χ1) is 16.1. The zero-order valence-electron chi connectivity index (χ0n) is 18.1. The molecule has 0 saturated carbocycles. The normalized spacial score (nSPS) is 15.8. The van der Waals surface area contributed by atoms with E-state index in [9.17, 15) is 4.79 Å². The van der Waals surface area contributed by atoms with Crippen molar-refractivity contribution in [2.24, 2.45) is 7.05 Å². The topological polar surface area (TPSA) is 123 Å². The number of aryl methyl sites for hydroxylation is 2. The van der Waals surface area contributed by atoms with Crippen molar-refractivity contribution in [2.75, 3.05) is 6.54 Å². The largest absolute Gasteiger partial charge is 0.412 e. The first-order valence-corrected chi connectivity index (χ1v) is 10.7. The third kappa shape index (κ3) is 3.12. The minimum atomic E-state index is -0.467. The van der Waals surface area contributed by atoms with Crippen LogP contribution in [0.4, 0.5) is 0 Å². The Morgan fingerprint density at radius 1 is 1.33 bits per heavy atom. The molecule has 6 heterocycles. The third-order valence-electron chi connectivity index (χ3n) is 6.01. The van der Waals surface area contributed by atoms with Gasteiger partial charge in [0.2, 0.25) is 0 Å². The Morgan fingerprint density at radius 2 is 2.24 bits per heavy atom. The van der Waals surface area contributed by atoms with Gasteiger partial charge in [-0.3, -0.25) is 9.48 Å². The molecule has 0 aromatic carbocycles. The molecule has 0 bridgehead atoms. The number of H-pyrrole nitrogens is 1. The predicted molar refractivity (Wildman–Crippen MR) is 116 cm³/mol. The number of nitrogens with one attached hydrogen (secondary N) is 1. The fraction of sp³-hybridized carbons (Fsp3) is 0.273. The first kappa shape index (κ1) is 19.4. The summed E-state index contributed by atoms with van der Waals surface area (Å²) in [4.78, 5) is 23.0. The Hall–Kier alpha value is -4.28. The lowest BCUT2D eigenvalue weighted by Gasteiger charge is -2.32. The summed E-state index contributed by atoms with van der Waals surface area (Å²) < 4.78 is 9.21. The Balaban J connectivity index is 1.41. The van der Waals surface area contributed by atoms with E-state index in [4.69, 9.17) is 9.52 Å². The number of hydrogen-bond acceptors (Lipinski definition) is 7. The molecule has 1 atom stereocenters. The zero-order chi connectivity index (χ0) is 22.5. The average molecular weight is 443 g/mol. The van der Waals surface area contributed by atoms with Gasteiger partial charge in [-0.25, -0.2) is 9.50 Å². The molecule has 0 aliphatic carbocycles. The molecule has 5 aromatic heterocycles. The van der Waals surface area contributed by atoms with Crippen LogP contribution in [-0.4, -0.2) is 56.9 Å². The number of rotatable bonds is 4. The Labute approximate surface area is 188 Å². The van der Waals surface area contributed by atoms with Crippen molar-refractivity contribution in [1.82, 2.24) is 44.5 Å². The van der Waals surface area contributed by atoms with Crippen molar-refractivity contribution in [3.63, 3.8) is 0 Å². The molecule has 1 N–H and O–H groups in total. The second kappa shape index (κ2) is 7.40. The van der Waals surface area contributed by atoms with E-state index in [1.807, 2.05) is 22.8 Å². The standard InChI is InChI=1S/C22H21N9O2/c1-3-13-5-4-7-31-17(13)9-16(28-31)19-18-15(23-12-24-18)6-8-30(19)22(32)21-27-26-20(33-21)14-10-25-29(2)11-14/h4-5,7,9-12,19H,3,6,8H2,1-2H3,(H,23,24). The van der Waals surface area contributed by atoms with Crippen LogP contribution in [0.25, 0.3) is 17.0 Å². The summed E-state index contributed by atoms with van der Waals surface area (Å²) in [5.74, 6) is -0.180. The Kier molecular flexibility index (Phi) is 4.35. The van der Waals surface area contributed by atoms with Crippen molar-refractivity contribution in [1.29, 1.82) is 0 Å². The molecular formula is C22H21N9O2. The molecule has 11 heteroatoms. The lowest BCUT2D eigenvalue weighted by Crippen LogP contribution is -2.41. The van der Waals surface area contributed by atoms with Crippen LogP contribution in [0.3, 0.4) is 0 Å². The quantitative estimate of drug-likeness (QED) is 0.452. The second-order valence-corrected chi connectivity index (χ2v) is 8.02. The highest BCUT2D eigenvalue weighted by atomic mass is 16.4. The maximum absolute atomic E-state index is 13.5. The summed E-state index contributed by atoms with van der Waals surface area (Å²) in [5.41, 5.74) is 5.37. The predicted octanol–water partition coefficient (Wildman–Crippen LogP) is 2.19. The molecule has 1 aliphatic rings. The molecule has 0 fully saturated rings. The maximum atomic E-state index is 13.5. The number of fused-ring (bicyclic) bond motifs is 2. The molecule has 11 nitrogen and oxygen atoms in total. The van der Waals surface area contributed by atoms with Gasteiger partial charge in [0.25, 0.3) is 5.89 Å². The molecule has 1 amide bonds. The van der Waals surface area contributed by atoms with Gasteiger partial charge < -0.3 is 14.3 Å². The summed E-state index contributed by atoms with van der Waals surface area (Å²) in [7, 11) is 1.80. The van der Waals surface area contributed by atoms with Crippen molar-refractivity contribution in [3.05, 3.63) is 71.7 Å². The summed E-state index contributed by atoms with van der Waals surface area (Å²) in [5, 5.41) is 17.0. The van der Waals surface area contributed by atoms with Gasteiger partial charge in [-0.1, -0.05) is 13.0 Å². The van der Waals surface area contributed by atoms with Crippen molar-refractivity contribution in [3.8, 4) is 11.5 Å². The van der Waals surface area contributed by atoms with Gasteiger partial charge in [-0.15, -0.1) is 10.2 Å². The van der Waals surface area contributed by atoms with Gasteiger partial charge in [0, 0.05) is 38.1 Å². The van der Waals surface area contributed by atoms with Crippen LogP contribution in [0.1, 0.15) is 46.3 Å². The molecular weight excluding hydrogens is 422 g/mol. The van der Waals surface area contributed by atoms with Crippen LogP contribution in [-0.2, 0) is 19.9 Å². The van der Waals surface area contributed by atoms with Crippen LogP contribution in [0.2, 0.25) is 0 Å². The SMILES string of the molecule is CCc1cccn2nc(C3c4nc[nH]c4CCN3C(=O)c3nnc(-c4cnn(C)c4)o3)cc12. The number of hydrogen-bond donors (Lipinski definition) is 1. The van der Waals surface area contributed by atoms with Crippen molar-refractivity contribution >= 4 is 11.4 Å². The summed E-state index contributed by atoms with van der Waals surface area (Å²) in [6, 6.07) is 5.63. The molecule has 0 radical (unpaired) electrons. The number of amides is 1. The summed E-state index contributed by atoms with van der Waals surface area (Å²) >= 11 is 0. The fourth-order valence-electron chi connectivity index (χ4n) is 4.40. The molecule has 33 heavy (non-hydrogen) atoms. The van der Waals surface area contributed by atoms with E-state index in [-0.39, 0.29) is 17.7 Å². The number of carbonyl (C=O) groups excluding carboxylic acids is 1. The van der Waals surface area contributed by atoms with Crippen molar-refractivity contribution < 1.29 is 9.21 Å². The van der Waals surface area contributed by atoms with Crippen LogP contribution in [0.15, 0.2) is 47.5 Å². The van der Waals surface area contributed by atoms with Crippen molar-refractivity contribution in [2.45, 2.75) is 25.8 Å². The van der Waals surface area contributed by atoms with Crippen LogP contribution >= 0.6 is 0 Å². The Bertz CT molecular complexity index is 1470. The molecule has 1 aliphatic heterocycles.